The van der Waals surface area contributed by atoms with Crippen LogP contribution in [0.1, 0.15) is 31.2 Å². The molecule has 158 valence electrons. The molecule has 5 nitrogen and oxygen atoms in total. The van der Waals surface area contributed by atoms with Gasteiger partial charge in [0, 0.05) is 37.2 Å². The number of aromatic nitrogens is 1. The Morgan fingerprint density at radius 3 is 2.66 bits per heavy atom. The number of alkyl halides is 3. The summed E-state index contributed by atoms with van der Waals surface area (Å²) < 4.78 is 63.9. The number of hydrogen-bond donors (Lipinski definition) is 1. The Balaban J connectivity index is 2.17. The van der Waals surface area contributed by atoms with Crippen LogP contribution in [0.3, 0.4) is 0 Å². The van der Waals surface area contributed by atoms with Gasteiger partial charge in [-0.05, 0) is 49.4 Å². The summed E-state index contributed by atoms with van der Waals surface area (Å²) in [6.45, 7) is 0.586. The second kappa shape index (κ2) is 8.31. The maximum Gasteiger partial charge on any atom is 0.417 e. The van der Waals surface area contributed by atoms with Gasteiger partial charge in [-0.3, -0.25) is 0 Å². The Kier molecular flexibility index (Phi) is 6.19. The minimum absolute atomic E-state index is 0.0271. The van der Waals surface area contributed by atoms with Gasteiger partial charge in [-0.15, -0.1) is 0 Å². The van der Waals surface area contributed by atoms with Crippen molar-refractivity contribution in [1.82, 2.24) is 4.98 Å². The summed E-state index contributed by atoms with van der Waals surface area (Å²) >= 11 is 0. The summed E-state index contributed by atoms with van der Waals surface area (Å²) in [5, 5.41) is 9.38. The van der Waals surface area contributed by atoms with Crippen LogP contribution >= 0.6 is 0 Å². The molecule has 1 aliphatic rings. The van der Waals surface area contributed by atoms with E-state index < -0.39 is 21.6 Å². The fourth-order valence-electron chi connectivity index (χ4n) is 3.68. The Labute approximate surface area is 168 Å². The number of piperidine rings is 1. The fourth-order valence-corrected chi connectivity index (χ4v) is 4.34. The number of rotatable bonds is 5. The third kappa shape index (κ3) is 4.90. The normalized spacial score (nSPS) is 18.1. The highest BCUT2D eigenvalue weighted by Gasteiger charge is 2.33. The molecular formula is C20H23F3N2O3S. The average molecular weight is 428 g/mol. The van der Waals surface area contributed by atoms with Gasteiger partial charge in [-0.25, -0.2) is 13.4 Å². The van der Waals surface area contributed by atoms with Crippen molar-refractivity contribution in [2.45, 2.75) is 42.8 Å². The highest BCUT2D eigenvalue weighted by Crippen LogP contribution is 2.38. The van der Waals surface area contributed by atoms with E-state index in [4.69, 9.17) is 0 Å². The van der Waals surface area contributed by atoms with Crippen LogP contribution in [-0.4, -0.2) is 44.0 Å². The van der Waals surface area contributed by atoms with Gasteiger partial charge in [-0.1, -0.05) is 12.1 Å². The van der Waals surface area contributed by atoms with Crippen molar-refractivity contribution in [3.8, 4) is 11.1 Å². The Morgan fingerprint density at radius 1 is 1.24 bits per heavy atom. The monoisotopic (exact) mass is 428 g/mol. The number of sulfone groups is 1. The van der Waals surface area contributed by atoms with Gasteiger partial charge in [0.1, 0.15) is 5.82 Å². The van der Waals surface area contributed by atoms with Crippen molar-refractivity contribution in [2.24, 2.45) is 0 Å². The molecule has 1 atom stereocenters. The Bertz CT molecular complexity index is 975. The second-order valence-electron chi connectivity index (χ2n) is 7.25. The molecule has 0 radical (unpaired) electrons. The molecule has 29 heavy (non-hydrogen) atoms. The van der Waals surface area contributed by atoms with E-state index in [1.807, 2.05) is 4.90 Å². The zero-order valence-corrected chi connectivity index (χ0v) is 16.8. The maximum atomic E-state index is 13.3. The lowest BCUT2D eigenvalue weighted by Gasteiger charge is -2.37. The summed E-state index contributed by atoms with van der Waals surface area (Å²) in [4.78, 5) is 6.11. The standard InChI is InChI=1S/C20H23F3N2O3S/c1-29(27,28)17-7-4-5-14(11-17)18-12-15(20(21,22)23)13-24-19(18)25-9-3-2-6-16(25)8-10-26/h4-5,7,11-13,16,26H,2-3,6,8-10H2,1H3. The lowest BCUT2D eigenvalue weighted by atomic mass is 9.97. The van der Waals surface area contributed by atoms with Crippen LogP contribution in [0.4, 0.5) is 19.0 Å². The van der Waals surface area contributed by atoms with Gasteiger partial charge in [0.15, 0.2) is 9.84 Å². The molecule has 2 aromatic rings. The predicted octanol–water partition coefficient (Wildman–Crippen LogP) is 3.91. The number of anilines is 1. The van der Waals surface area contributed by atoms with Gasteiger partial charge in [0.05, 0.1) is 10.5 Å². The van der Waals surface area contributed by atoms with E-state index in [0.717, 1.165) is 37.8 Å². The fraction of sp³-hybridized carbons (Fsp3) is 0.450. The van der Waals surface area contributed by atoms with Crippen LogP contribution in [0.2, 0.25) is 0 Å². The molecule has 1 N–H and O–H groups in total. The molecule has 3 rings (SSSR count). The van der Waals surface area contributed by atoms with Crippen molar-refractivity contribution >= 4 is 15.7 Å². The molecule has 1 fully saturated rings. The molecular weight excluding hydrogens is 405 g/mol. The van der Waals surface area contributed by atoms with Gasteiger partial charge < -0.3 is 10.0 Å². The minimum Gasteiger partial charge on any atom is -0.396 e. The van der Waals surface area contributed by atoms with Crippen LogP contribution in [0.25, 0.3) is 11.1 Å². The number of hydrogen-bond acceptors (Lipinski definition) is 5. The molecule has 0 saturated carbocycles. The number of pyridine rings is 1. The van der Waals surface area contributed by atoms with Crippen LogP contribution in [-0.2, 0) is 16.0 Å². The van der Waals surface area contributed by atoms with E-state index >= 15 is 0 Å². The van der Waals surface area contributed by atoms with E-state index in [0.29, 0.717) is 24.3 Å². The summed E-state index contributed by atoms with van der Waals surface area (Å²) in [6, 6.07) is 6.87. The summed E-state index contributed by atoms with van der Waals surface area (Å²) in [6.07, 6.45) is 0.441. The maximum absolute atomic E-state index is 13.3. The minimum atomic E-state index is -4.57. The molecule has 2 heterocycles. The molecule has 0 aliphatic carbocycles. The molecule has 0 spiro atoms. The quantitative estimate of drug-likeness (QED) is 0.782. The van der Waals surface area contributed by atoms with Crippen molar-refractivity contribution in [2.75, 3.05) is 24.3 Å². The molecule has 9 heteroatoms. The molecule has 1 aromatic heterocycles. The van der Waals surface area contributed by atoms with Crippen LogP contribution < -0.4 is 4.90 Å². The van der Waals surface area contributed by atoms with Gasteiger partial charge >= 0.3 is 6.18 Å². The third-order valence-corrected chi connectivity index (χ3v) is 6.24. The first-order valence-corrected chi connectivity index (χ1v) is 11.3. The van der Waals surface area contributed by atoms with Crippen LogP contribution in [0.15, 0.2) is 41.4 Å². The highest BCUT2D eigenvalue weighted by molar-refractivity contribution is 7.90. The molecule has 1 saturated heterocycles. The van der Waals surface area contributed by atoms with Gasteiger partial charge in [0.2, 0.25) is 0 Å². The van der Waals surface area contributed by atoms with E-state index in [9.17, 15) is 26.7 Å². The molecule has 1 aromatic carbocycles. The summed E-state index contributed by atoms with van der Waals surface area (Å²) in [5.74, 6) is 0.377. The largest absolute Gasteiger partial charge is 0.417 e. The second-order valence-corrected chi connectivity index (χ2v) is 9.26. The number of aliphatic hydroxyl groups excluding tert-OH is 1. The zero-order chi connectivity index (χ0) is 21.2. The van der Waals surface area contributed by atoms with Crippen molar-refractivity contribution in [3.05, 3.63) is 42.1 Å². The highest BCUT2D eigenvalue weighted by atomic mass is 32.2. The molecule has 0 bridgehead atoms. The number of aliphatic hydroxyl groups is 1. The van der Waals surface area contributed by atoms with E-state index in [1.54, 1.807) is 6.07 Å². The summed E-state index contributed by atoms with van der Waals surface area (Å²) in [5.41, 5.74) is -0.304. The first-order valence-electron chi connectivity index (χ1n) is 9.36. The van der Waals surface area contributed by atoms with E-state index in [2.05, 4.69) is 4.98 Å². The predicted molar refractivity (Wildman–Crippen MR) is 104 cm³/mol. The lowest BCUT2D eigenvalue weighted by molar-refractivity contribution is -0.137. The number of nitrogens with zero attached hydrogens (tertiary/aromatic N) is 2. The van der Waals surface area contributed by atoms with Crippen molar-refractivity contribution in [1.29, 1.82) is 0 Å². The molecule has 1 unspecified atom stereocenters. The van der Waals surface area contributed by atoms with Crippen LogP contribution in [0.5, 0.6) is 0 Å². The summed E-state index contributed by atoms with van der Waals surface area (Å²) in [7, 11) is -3.52. The average Bonchev–Trinajstić information content (AvgIpc) is 2.67. The lowest BCUT2D eigenvalue weighted by Crippen LogP contribution is -2.41. The van der Waals surface area contributed by atoms with E-state index in [1.165, 1.54) is 18.2 Å². The topological polar surface area (TPSA) is 70.5 Å². The number of halogens is 3. The first kappa shape index (κ1) is 21.6. The number of benzene rings is 1. The SMILES string of the molecule is CS(=O)(=O)c1cccc(-c2cc(C(F)(F)F)cnc2N2CCCCC2CCO)c1. The van der Waals surface area contributed by atoms with Crippen molar-refractivity contribution in [3.63, 3.8) is 0 Å². The van der Waals surface area contributed by atoms with Crippen LogP contribution in [0, 0.1) is 0 Å². The Hall–Kier alpha value is -2.13. The van der Waals surface area contributed by atoms with Gasteiger partial charge in [0.25, 0.3) is 0 Å². The van der Waals surface area contributed by atoms with Crippen molar-refractivity contribution < 1.29 is 26.7 Å². The molecule has 0 amide bonds. The zero-order valence-electron chi connectivity index (χ0n) is 16.0. The Morgan fingerprint density at radius 2 is 2.00 bits per heavy atom. The molecule has 1 aliphatic heterocycles. The van der Waals surface area contributed by atoms with E-state index in [-0.39, 0.29) is 23.1 Å². The first-order chi connectivity index (χ1) is 13.6. The third-order valence-electron chi connectivity index (χ3n) is 5.13. The smallest absolute Gasteiger partial charge is 0.396 e. The van der Waals surface area contributed by atoms with Gasteiger partial charge in [-0.2, -0.15) is 13.2 Å².